The lowest BCUT2D eigenvalue weighted by Crippen LogP contribution is -2.49. The monoisotopic (exact) mass is 359 g/mol. The molecule has 2 aliphatic rings. The van der Waals surface area contributed by atoms with Crippen LogP contribution in [0, 0.1) is 6.92 Å². The standard InChI is InChI=1S/C19H21NO4S/c1-13-6-9-15(10-7-13)25(21,22)20-16-4-3-5-18(16)24-19-11-8-14(23-2)12-17(19)20/h6-12,16,18H,3-5H2,1-2H3/t16-,18-/m1/s1. The van der Waals surface area contributed by atoms with Crippen LogP contribution in [0.4, 0.5) is 5.69 Å². The second kappa shape index (κ2) is 5.95. The van der Waals surface area contributed by atoms with Crippen molar-refractivity contribution < 1.29 is 17.9 Å². The minimum absolute atomic E-state index is 0.0962. The molecule has 0 saturated heterocycles. The number of hydrogen-bond acceptors (Lipinski definition) is 4. The molecule has 2 aromatic carbocycles. The van der Waals surface area contributed by atoms with E-state index in [2.05, 4.69) is 0 Å². The first kappa shape index (κ1) is 16.3. The highest BCUT2D eigenvalue weighted by atomic mass is 32.2. The van der Waals surface area contributed by atoms with E-state index in [4.69, 9.17) is 9.47 Å². The Morgan fingerprint density at radius 2 is 1.88 bits per heavy atom. The molecular weight excluding hydrogens is 338 g/mol. The Balaban J connectivity index is 1.87. The number of methoxy groups -OCH3 is 1. The number of nitrogens with zero attached hydrogens (tertiary/aromatic N) is 1. The molecule has 1 fully saturated rings. The molecule has 132 valence electrons. The molecule has 0 amide bonds. The first-order chi connectivity index (χ1) is 12.0. The molecule has 5 nitrogen and oxygen atoms in total. The van der Waals surface area contributed by atoms with Crippen LogP contribution in [0.2, 0.25) is 0 Å². The Labute approximate surface area is 148 Å². The van der Waals surface area contributed by atoms with Crippen LogP contribution in [-0.2, 0) is 10.0 Å². The number of hydrogen-bond donors (Lipinski definition) is 0. The summed E-state index contributed by atoms with van der Waals surface area (Å²) >= 11 is 0. The second-order valence-corrected chi connectivity index (χ2v) is 8.42. The normalized spacial score (nSPS) is 22.1. The van der Waals surface area contributed by atoms with Crippen LogP contribution in [0.15, 0.2) is 47.4 Å². The number of anilines is 1. The van der Waals surface area contributed by atoms with Crippen molar-refractivity contribution in [2.75, 3.05) is 11.4 Å². The molecule has 1 aliphatic carbocycles. The summed E-state index contributed by atoms with van der Waals surface area (Å²) in [7, 11) is -2.10. The summed E-state index contributed by atoms with van der Waals surface area (Å²) < 4.78 is 39.8. The lowest BCUT2D eigenvalue weighted by atomic mass is 10.1. The van der Waals surface area contributed by atoms with Crippen LogP contribution in [0.3, 0.4) is 0 Å². The van der Waals surface area contributed by atoms with Crippen LogP contribution >= 0.6 is 0 Å². The molecule has 25 heavy (non-hydrogen) atoms. The van der Waals surface area contributed by atoms with E-state index in [1.54, 1.807) is 41.7 Å². The van der Waals surface area contributed by atoms with Crippen molar-refractivity contribution in [2.24, 2.45) is 0 Å². The smallest absolute Gasteiger partial charge is 0.264 e. The molecule has 2 atom stereocenters. The third-order valence-corrected chi connectivity index (χ3v) is 6.83. The average Bonchev–Trinajstić information content (AvgIpc) is 3.07. The largest absolute Gasteiger partial charge is 0.497 e. The fraction of sp³-hybridized carbons (Fsp3) is 0.368. The maximum absolute atomic E-state index is 13.4. The summed E-state index contributed by atoms with van der Waals surface area (Å²) in [5.74, 6) is 1.21. The molecule has 0 N–H and O–H groups in total. The Bertz CT molecular complexity index is 892. The zero-order chi connectivity index (χ0) is 17.6. The number of fused-ring (bicyclic) bond motifs is 2. The summed E-state index contributed by atoms with van der Waals surface area (Å²) in [4.78, 5) is 0.305. The molecular formula is C19H21NO4S. The van der Waals surface area contributed by atoms with Crippen LogP contribution in [0.5, 0.6) is 11.5 Å². The van der Waals surface area contributed by atoms with E-state index < -0.39 is 10.0 Å². The van der Waals surface area contributed by atoms with Crippen molar-refractivity contribution in [1.29, 1.82) is 0 Å². The van der Waals surface area contributed by atoms with Gasteiger partial charge >= 0.3 is 0 Å². The minimum atomic E-state index is -3.67. The average molecular weight is 359 g/mol. The van der Waals surface area contributed by atoms with E-state index >= 15 is 0 Å². The summed E-state index contributed by atoms with van der Waals surface area (Å²) in [5.41, 5.74) is 1.59. The number of sulfonamides is 1. The topological polar surface area (TPSA) is 55.8 Å². The van der Waals surface area contributed by atoms with Crippen molar-refractivity contribution in [2.45, 2.75) is 43.2 Å². The van der Waals surface area contributed by atoms with Crippen LogP contribution < -0.4 is 13.8 Å². The van der Waals surface area contributed by atoms with Gasteiger partial charge in [0.2, 0.25) is 0 Å². The molecule has 0 unspecified atom stereocenters. The van der Waals surface area contributed by atoms with Gasteiger partial charge in [-0.1, -0.05) is 17.7 Å². The Hall–Kier alpha value is -2.21. The lowest BCUT2D eigenvalue weighted by molar-refractivity contribution is 0.180. The third kappa shape index (κ3) is 2.65. The van der Waals surface area contributed by atoms with Crippen molar-refractivity contribution in [1.82, 2.24) is 0 Å². The van der Waals surface area contributed by atoms with Crippen molar-refractivity contribution in [3.8, 4) is 11.5 Å². The van der Waals surface area contributed by atoms with E-state index in [1.165, 1.54) is 0 Å². The van der Waals surface area contributed by atoms with Gasteiger partial charge in [0.15, 0.2) is 0 Å². The highest BCUT2D eigenvalue weighted by Gasteiger charge is 2.45. The lowest BCUT2D eigenvalue weighted by Gasteiger charge is -2.39. The van der Waals surface area contributed by atoms with Gasteiger partial charge in [-0.05, 0) is 50.5 Å². The summed E-state index contributed by atoms with van der Waals surface area (Å²) in [6.45, 7) is 1.94. The summed E-state index contributed by atoms with van der Waals surface area (Å²) in [5, 5.41) is 0. The summed E-state index contributed by atoms with van der Waals surface area (Å²) in [6.07, 6.45) is 2.53. The molecule has 2 aromatic rings. The first-order valence-corrected chi connectivity index (χ1v) is 9.90. The van der Waals surface area contributed by atoms with Gasteiger partial charge in [-0.25, -0.2) is 8.42 Å². The molecule has 4 rings (SSSR count). The molecule has 1 aliphatic heterocycles. The molecule has 1 saturated carbocycles. The highest BCUT2D eigenvalue weighted by molar-refractivity contribution is 7.92. The zero-order valence-corrected chi connectivity index (χ0v) is 15.1. The second-order valence-electron chi connectivity index (χ2n) is 6.60. The molecule has 0 radical (unpaired) electrons. The van der Waals surface area contributed by atoms with E-state index in [1.807, 2.05) is 19.1 Å². The van der Waals surface area contributed by atoms with Gasteiger partial charge in [0.25, 0.3) is 10.0 Å². The van der Waals surface area contributed by atoms with Crippen molar-refractivity contribution in [3.05, 3.63) is 48.0 Å². The zero-order valence-electron chi connectivity index (χ0n) is 14.3. The predicted molar refractivity (Wildman–Crippen MR) is 95.9 cm³/mol. The number of aryl methyl sites for hydroxylation is 1. The minimum Gasteiger partial charge on any atom is -0.497 e. The molecule has 0 aromatic heterocycles. The predicted octanol–water partition coefficient (Wildman–Crippen LogP) is 3.51. The number of rotatable bonds is 3. The SMILES string of the molecule is COc1ccc2c(c1)N(S(=O)(=O)c1ccc(C)cc1)[C@@H]1CCC[C@H]1O2. The van der Waals surface area contributed by atoms with Gasteiger partial charge in [-0.3, -0.25) is 4.31 Å². The van der Waals surface area contributed by atoms with E-state index in [9.17, 15) is 8.42 Å². The van der Waals surface area contributed by atoms with Gasteiger partial charge in [0, 0.05) is 6.07 Å². The maximum Gasteiger partial charge on any atom is 0.264 e. The molecule has 1 heterocycles. The van der Waals surface area contributed by atoms with Crippen molar-refractivity contribution in [3.63, 3.8) is 0 Å². The van der Waals surface area contributed by atoms with Gasteiger partial charge in [0.05, 0.1) is 23.7 Å². The number of ether oxygens (including phenoxy) is 2. The van der Waals surface area contributed by atoms with Crippen LogP contribution in [0.1, 0.15) is 24.8 Å². The molecule has 6 heteroatoms. The fourth-order valence-electron chi connectivity index (χ4n) is 3.68. The van der Waals surface area contributed by atoms with Gasteiger partial charge in [0.1, 0.15) is 17.6 Å². The maximum atomic E-state index is 13.4. The third-order valence-electron chi connectivity index (χ3n) is 4.98. The van der Waals surface area contributed by atoms with Gasteiger partial charge in [-0.15, -0.1) is 0 Å². The number of benzene rings is 2. The highest BCUT2D eigenvalue weighted by Crippen LogP contribution is 2.45. The molecule has 0 bridgehead atoms. The van der Waals surface area contributed by atoms with Crippen molar-refractivity contribution >= 4 is 15.7 Å². The quantitative estimate of drug-likeness (QED) is 0.841. The Morgan fingerprint density at radius 1 is 1.12 bits per heavy atom. The van der Waals surface area contributed by atoms with Gasteiger partial charge in [-0.2, -0.15) is 0 Å². The van der Waals surface area contributed by atoms with E-state index in [0.717, 1.165) is 24.8 Å². The Kier molecular flexibility index (Phi) is 3.87. The van der Waals surface area contributed by atoms with E-state index in [0.29, 0.717) is 22.1 Å². The van der Waals surface area contributed by atoms with Crippen LogP contribution in [0.25, 0.3) is 0 Å². The van der Waals surface area contributed by atoms with E-state index in [-0.39, 0.29) is 12.1 Å². The Morgan fingerprint density at radius 3 is 2.60 bits per heavy atom. The fourth-order valence-corrected chi connectivity index (χ4v) is 5.39. The van der Waals surface area contributed by atoms with Crippen LogP contribution in [-0.4, -0.2) is 27.7 Å². The van der Waals surface area contributed by atoms with Gasteiger partial charge < -0.3 is 9.47 Å². The summed E-state index contributed by atoms with van der Waals surface area (Å²) in [6, 6.07) is 12.2. The first-order valence-electron chi connectivity index (χ1n) is 8.46. The molecule has 0 spiro atoms.